The molecule has 8 heavy (non-hydrogen) atoms. The van der Waals surface area contributed by atoms with Crippen molar-refractivity contribution in [2.75, 3.05) is 0 Å². The maximum atomic E-state index is 8.74. The van der Waals surface area contributed by atoms with E-state index in [9.17, 15) is 0 Å². The Morgan fingerprint density at radius 1 is 0.750 bits per heavy atom. The Balaban J connectivity index is 0. The first-order valence-corrected chi connectivity index (χ1v) is 3.91. The van der Waals surface area contributed by atoms with Crippen molar-refractivity contribution < 1.29 is 28.7 Å². The summed E-state index contributed by atoms with van der Waals surface area (Å²) in [6.45, 7) is 0. The van der Waals surface area contributed by atoms with Crippen molar-refractivity contribution in [1.82, 2.24) is 0 Å². The van der Waals surface area contributed by atoms with Gasteiger partial charge in [0.1, 0.15) is 0 Å². The molecule has 8 heteroatoms. The second-order valence-electron chi connectivity index (χ2n) is 0.565. The molecule has 0 aromatic carbocycles. The lowest BCUT2D eigenvalue weighted by Crippen LogP contribution is -1.38. The summed E-state index contributed by atoms with van der Waals surface area (Å²) in [5.74, 6) is 0. The fourth-order valence-corrected chi connectivity index (χ4v) is 0. The van der Waals surface area contributed by atoms with Gasteiger partial charge in [-0.15, -0.1) is 0 Å². The van der Waals surface area contributed by atoms with E-state index in [1.54, 1.807) is 0 Å². The molecule has 0 saturated carbocycles. The second kappa shape index (κ2) is 7.30. The summed E-state index contributed by atoms with van der Waals surface area (Å²) in [6.07, 6.45) is 0. The maximum Gasteiger partial charge on any atom is 0.314 e. The topological polar surface area (TPSA) is 115 Å². The predicted octanol–water partition coefficient (Wildman–Crippen LogP) is -1.28. The monoisotopic (exact) mass is 164 g/mol. The van der Waals surface area contributed by atoms with E-state index in [0.29, 0.717) is 0 Å². The van der Waals surface area contributed by atoms with Gasteiger partial charge in [0.05, 0.1) is 0 Å². The SMILES string of the molecule is O=[PH](O)O.O=[PH](O)O. The highest BCUT2D eigenvalue weighted by molar-refractivity contribution is 7.31. The summed E-state index contributed by atoms with van der Waals surface area (Å²) in [6, 6.07) is 0. The van der Waals surface area contributed by atoms with Crippen molar-refractivity contribution in [3.05, 3.63) is 0 Å². The van der Waals surface area contributed by atoms with Gasteiger partial charge in [-0.25, -0.2) is 0 Å². The molecule has 0 amide bonds. The third-order valence-electron chi connectivity index (χ3n) is 0. The van der Waals surface area contributed by atoms with Gasteiger partial charge in [-0.1, -0.05) is 0 Å². The van der Waals surface area contributed by atoms with Gasteiger partial charge in [-0.3, -0.25) is 9.13 Å². The molecule has 0 spiro atoms. The van der Waals surface area contributed by atoms with Crippen LogP contribution < -0.4 is 0 Å². The molecule has 0 aromatic heterocycles. The van der Waals surface area contributed by atoms with Crippen LogP contribution >= 0.6 is 16.5 Å². The van der Waals surface area contributed by atoms with Gasteiger partial charge in [0.25, 0.3) is 0 Å². The minimum atomic E-state index is -3.13. The molecule has 0 bridgehead atoms. The first-order chi connectivity index (χ1) is 3.46. The molecule has 0 aliphatic rings. The molecule has 0 aromatic rings. The second-order valence-corrected chi connectivity index (χ2v) is 1.70. The van der Waals surface area contributed by atoms with Crippen molar-refractivity contribution in [1.29, 1.82) is 0 Å². The average molecular weight is 164 g/mol. The maximum absolute atomic E-state index is 8.74. The van der Waals surface area contributed by atoms with Crippen LogP contribution in [0.15, 0.2) is 0 Å². The Kier molecular flexibility index (Phi) is 10.2. The van der Waals surface area contributed by atoms with E-state index >= 15 is 0 Å². The molecule has 0 saturated heterocycles. The highest BCUT2D eigenvalue weighted by atomic mass is 31.1. The lowest BCUT2D eigenvalue weighted by atomic mass is 15.8. The van der Waals surface area contributed by atoms with Crippen LogP contribution in [0.1, 0.15) is 0 Å². The summed E-state index contributed by atoms with van der Waals surface area (Å²) in [5.41, 5.74) is 0. The standard InChI is InChI=1S/2H3O3P/c2*1-4(2)3/h2*4H,(H2,1,2,3). The molecule has 0 heterocycles. The molecule has 0 fully saturated rings. The molecule has 0 unspecified atom stereocenters. The first-order valence-electron chi connectivity index (χ1n) is 1.30. The van der Waals surface area contributed by atoms with E-state index < -0.39 is 16.5 Å². The smallest absolute Gasteiger partial charge is 0.314 e. The largest absolute Gasteiger partial charge is 0.326 e. The van der Waals surface area contributed by atoms with Crippen LogP contribution in [-0.4, -0.2) is 19.6 Å². The molecule has 0 aliphatic heterocycles. The molecule has 0 rings (SSSR count). The highest BCUT2D eigenvalue weighted by Crippen LogP contribution is 1.98. The predicted molar refractivity (Wildman–Crippen MR) is 26.9 cm³/mol. The molecule has 0 radical (unpaired) electrons. The fourth-order valence-electron chi connectivity index (χ4n) is 0. The van der Waals surface area contributed by atoms with Gasteiger partial charge in [0.15, 0.2) is 0 Å². The van der Waals surface area contributed by atoms with Gasteiger partial charge in [-0.05, 0) is 0 Å². The molecular weight excluding hydrogens is 158 g/mol. The third kappa shape index (κ3) is 1970. The first kappa shape index (κ1) is 11.1. The molecular formula is H6O6P2. The zero-order valence-corrected chi connectivity index (χ0v) is 5.61. The van der Waals surface area contributed by atoms with Crippen LogP contribution in [0.2, 0.25) is 0 Å². The zero-order chi connectivity index (χ0) is 7.15. The molecule has 4 N–H and O–H groups in total. The minimum Gasteiger partial charge on any atom is -0.326 e. The highest BCUT2D eigenvalue weighted by Gasteiger charge is 1.62. The number of hydrogen-bond donors (Lipinski definition) is 4. The van der Waals surface area contributed by atoms with Crippen molar-refractivity contribution in [2.45, 2.75) is 0 Å². The molecule has 0 atom stereocenters. The Hall–Kier alpha value is 0.300. The van der Waals surface area contributed by atoms with E-state index in [1.807, 2.05) is 0 Å². The molecule has 6 nitrogen and oxygen atoms in total. The Morgan fingerprint density at radius 2 is 0.750 bits per heavy atom. The number of hydrogen-bond acceptors (Lipinski definition) is 2. The van der Waals surface area contributed by atoms with Gasteiger partial charge in [-0.2, -0.15) is 0 Å². The molecule has 52 valence electrons. The van der Waals surface area contributed by atoms with E-state index in [0.717, 1.165) is 0 Å². The van der Waals surface area contributed by atoms with E-state index in [2.05, 4.69) is 0 Å². The van der Waals surface area contributed by atoms with E-state index in [4.69, 9.17) is 28.7 Å². The van der Waals surface area contributed by atoms with Crippen LogP contribution in [0, 0.1) is 0 Å². The van der Waals surface area contributed by atoms with Crippen LogP contribution in [-0.2, 0) is 9.13 Å². The zero-order valence-electron chi connectivity index (χ0n) is 3.61. The quantitative estimate of drug-likeness (QED) is 0.331. The van der Waals surface area contributed by atoms with Gasteiger partial charge < -0.3 is 19.6 Å². The van der Waals surface area contributed by atoms with E-state index in [-0.39, 0.29) is 0 Å². The van der Waals surface area contributed by atoms with Crippen LogP contribution in [0.4, 0.5) is 0 Å². The summed E-state index contributed by atoms with van der Waals surface area (Å²) >= 11 is 0. The lowest BCUT2D eigenvalue weighted by Gasteiger charge is -1.61. The summed E-state index contributed by atoms with van der Waals surface area (Å²) in [4.78, 5) is 28.6. The fraction of sp³-hybridized carbons (Fsp3) is 0. The number of rotatable bonds is 0. The van der Waals surface area contributed by atoms with Crippen molar-refractivity contribution >= 4 is 16.5 Å². The Morgan fingerprint density at radius 3 is 0.750 bits per heavy atom. The lowest BCUT2D eigenvalue weighted by molar-refractivity contribution is 0.403. The van der Waals surface area contributed by atoms with Crippen LogP contribution in [0.3, 0.4) is 0 Å². The molecule has 0 aliphatic carbocycles. The van der Waals surface area contributed by atoms with Crippen LogP contribution in [0.25, 0.3) is 0 Å². The summed E-state index contributed by atoms with van der Waals surface area (Å²) < 4.78 is 17.5. The normalized spacial score (nSPS) is 8.75. The third-order valence-corrected chi connectivity index (χ3v) is 0. The summed E-state index contributed by atoms with van der Waals surface area (Å²) in [5, 5.41) is 0. The van der Waals surface area contributed by atoms with Gasteiger partial charge in [0, 0.05) is 0 Å². The van der Waals surface area contributed by atoms with E-state index in [1.165, 1.54) is 0 Å². The summed E-state index contributed by atoms with van der Waals surface area (Å²) in [7, 11) is -6.26. The van der Waals surface area contributed by atoms with Gasteiger partial charge in [0.2, 0.25) is 0 Å². The van der Waals surface area contributed by atoms with Crippen molar-refractivity contribution in [2.24, 2.45) is 0 Å². The van der Waals surface area contributed by atoms with Gasteiger partial charge >= 0.3 is 16.5 Å². The Bertz CT molecular complexity index is 64.5. The minimum absolute atomic E-state index is 3.13. The van der Waals surface area contributed by atoms with Crippen molar-refractivity contribution in [3.63, 3.8) is 0 Å². The van der Waals surface area contributed by atoms with Crippen LogP contribution in [0.5, 0.6) is 0 Å². The average Bonchev–Trinajstić information content (AvgIpc) is 1.25. The van der Waals surface area contributed by atoms with Crippen molar-refractivity contribution in [3.8, 4) is 0 Å². The Labute approximate surface area is 46.3 Å².